The molecule has 0 aliphatic heterocycles. The first-order valence-electron chi connectivity index (χ1n) is 4.03. The summed E-state index contributed by atoms with van der Waals surface area (Å²) in [6.45, 7) is 2.13. The van der Waals surface area contributed by atoms with E-state index in [1.165, 1.54) is 10.5 Å². The third-order valence-corrected chi connectivity index (χ3v) is 3.24. The van der Waals surface area contributed by atoms with Crippen LogP contribution in [0.15, 0.2) is 23.1 Å². The van der Waals surface area contributed by atoms with Gasteiger partial charge in [0.25, 0.3) is 0 Å². The summed E-state index contributed by atoms with van der Waals surface area (Å²) in [5.74, 6) is 1.06. The van der Waals surface area contributed by atoms with Gasteiger partial charge >= 0.3 is 0 Å². The average Bonchev–Trinajstić information content (AvgIpc) is 2.19. The molecule has 0 fully saturated rings. The molecule has 0 spiro atoms. The highest BCUT2D eigenvalue weighted by atomic mass is 79.9. The van der Waals surface area contributed by atoms with E-state index in [1.807, 2.05) is 18.2 Å². The maximum Gasteiger partial charge on any atom is 0.0991 e. The van der Waals surface area contributed by atoms with Crippen LogP contribution >= 0.6 is 27.7 Å². The second kappa shape index (κ2) is 5.31. The number of alkyl halides is 1. The molecule has 3 heteroatoms. The fraction of sp³-hybridized carbons (Fsp3) is 0.300. The van der Waals surface area contributed by atoms with Gasteiger partial charge in [-0.3, -0.25) is 0 Å². The Hall–Kier alpha value is -0.460. The SMILES string of the molecule is CCSc1ccc(C#N)cc1CBr. The Morgan fingerprint density at radius 2 is 2.31 bits per heavy atom. The van der Waals surface area contributed by atoms with Crippen molar-refractivity contribution >= 4 is 27.7 Å². The van der Waals surface area contributed by atoms with Gasteiger partial charge in [0.05, 0.1) is 11.6 Å². The highest BCUT2D eigenvalue weighted by molar-refractivity contribution is 9.08. The summed E-state index contributed by atoms with van der Waals surface area (Å²) < 4.78 is 0. The van der Waals surface area contributed by atoms with E-state index in [0.29, 0.717) is 0 Å². The van der Waals surface area contributed by atoms with Gasteiger partial charge in [0.2, 0.25) is 0 Å². The number of benzene rings is 1. The van der Waals surface area contributed by atoms with Gasteiger partial charge in [-0.2, -0.15) is 5.26 Å². The molecule has 0 aromatic heterocycles. The summed E-state index contributed by atoms with van der Waals surface area (Å²) in [6.07, 6.45) is 0. The first kappa shape index (κ1) is 10.6. The quantitative estimate of drug-likeness (QED) is 0.609. The number of hydrogen-bond acceptors (Lipinski definition) is 2. The van der Waals surface area contributed by atoms with E-state index in [9.17, 15) is 0 Å². The van der Waals surface area contributed by atoms with Gasteiger partial charge in [0.15, 0.2) is 0 Å². The second-order valence-electron chi connectivity index (χ2n) is 2.50. The van der Waals surface area contributed by atoms with E-state index >= 15 is 0 Å². The Balaban J connectivity index is 3.02. The van der Waals surface area contributed by atoms with Crippen molar-refractivity contribution in [3.05, 3.63) is 29.3 Å². The van der Waals surface area contributed by atoms with E-state index in [4.69, 9.17) is 5.26 Å². The molecule has 0 aliphatic carbocycles. The lowest BCUT2D eigenvalue weighted by molar-refractivity contribution is 1.26. The third kappa shape index (κ3) is 2.75. The normalized spacial score (nSPS) is 9.62. The fourth-order valence-electron chi connectivity index (χ4n) is 1.05. The predicted molar refractivity (Wildman–Crippen MR) is 60.2 cm³/mol. The van der Waals surface area contributed by atoms with Crippen molar-refractivity contribution in [1.29, 1.82) is 5.26 Å². The topological polar surface area (TPSA) is 23.8 Å². The van der Waals surface area contributed by atoms with Crippen molar-refractivity contribution in [2.45, 2.75) is 17.1 Å². The van der Waals surface area contributed by atoms with E-state index in [1.54, 1.807) is 11.8 Å². The van der Waals surface area contributed by atoms with Gasteiger partial charge in [-0.1, -0.05) is 22.9 Å². The zero-order chi connectivity index (χ0) is 9.68. The highest BCUT2D eigenvalue weighted by Gasteiger charge is 2.02. The van der Waals surface area contributed by atoms with Crippen LogP contribution in [0.2, 0.25) is 0 Å². The summed E-state index contributed by atoms with van der Waals surface area (Å²) in [5, 5.41) is 9.52. The Kier molecular flexibility index (Phi) is 4.34. The molecule has 0 radical (unpaired) electrons. The molecule has 0 atom stereocenters. The maximum absolute atomic E-state index is 8.71. The van der Waals surface area contributed by atoms with Crippen molar-refractivity contribution in [1.82, 2.24) is 0 Å². The van der Waals surface area contributed by atoms with Crippen molar-refractivity contribution in [2.75, 3.05) is 5.75 Å². The lowest BCUT2D eigenvalue weighted by Crippen LogP contribution is -1.86. The molecule has 0 aliphatic rings. The number of rotatable bonds is 3. The predicted octanol–water partition coefficient (Wildman–Crippen LogP) is 3.57. The molecule has 0 heterocycles. The Morgan fingerprint density at radius 1 is 1.54 bits per heavy atom. The second-order valence-corrected chi connectivity index (χ2v) is 4.37. The molecule has 0 saturated carbocycles. The van der Waals surface area contributed by atoms with Crippen LogP contribution in [0.1, 0.15) is 18.1 Å². The molecule has 68 valence electrons. The molecule has 1 rings (SSSR count). The molecule has 0 amide bonds. The first-order valence-corrected chi connectivity index (χ1v) is 6.14. The molecule has 0 unspecified atom stereocenters. The van der Waals surface area contributed by atoms with Gasteiger partial charge in [-0.05, 0) is 29.5 Å². The van der Waals surface area contributed by atoms with Crippen LogP contribution in [0.4, 0.5) is 0 Å². The number of nitrogens with zero attached hydrogens (tertiary/aromatic N) is 1. The minimum absolute atomic E-state index is 0.731. The summed E-state index contributed by atoms with van der Waals surface area (Å²) in [5.41, 5.74) is 1.93. The maximum atomic E-state index is 8.71. The van der Waals surface area contributed by atoms with Crippen LogP contribution in [0.5, 0.6) is 0 Å². The molecule has 13 heavy (non-hydrogen) atoms. The summed E-state index contributed by atoms with van der Waals surface area (Å²) in [4.78, 5) is 1.26. The Morgan fingerprint density at radius 3 is 2.85 bits per heavy atom. The van der Waals surface area contributed by atoms with Crippen molar-refractivity contribution in [3.63, 3.8) is 0 Å². The van der Waals surface area contributed by atoms with Gasteiger partial charge < -0.3 is 0 Å². The summed E-state index contributed by atoms with van der Waals surface area (Å²) >= 11 is 5.23. The fourth-order valence-corrected chi connectivity index (χ4v) is 2.49. The minimum atomic E-state index is 0.731. The molecular weight excluding hydrogens is 246 g/mol. The molecule has 0 bridgehead atoms. The summed E-state index contributed by atoms with van der Waals surface area (Å²) in [6, 6.07) is 7.96. The van der Waals surface area contributed by atoms with Crippen molar-refractivity contribution in [3.8, 4) is 6.07 Å². The molecule has 0 saturated heterocycles. The van der Waals surface area contributed by atoms with Crippen LogP contribution in [-0.4, -0.2) is 5.75 Å². The molecule has 1 aromatic rings. The molecule has 0 N–H and O–H groups in total. The van der Waals surface area contributed by atoms with E-state index < -0.39 is 0 Å². The molecular formula is C10H10BrNS. The average molecular weight is 256 g/mol. The van der Waals surface area contributed by atoms with Gasteiger partial charge in [0, 0.05) is 10.2 Å². The monoisotopic (exact) mass is 255 g/mol. The van der Waals surface area contributed by atoms with Crippen molar-refractivity contribution in [2.24, 2.45) is 0 Å². The zero-order valence-electron chi connectivity index (χ0n) is 7.38. The lowest BCUT2D eigenvalue weighted by Gasteiger charge is -2.04. The highest BCUT2D eigenvalue weighted by Crippen LogP contribution is 2.25. The van der Waals surface area contributed by atoms with Gasteiger partial charge in [0.1, 0.15) is 0 Å². The number of halogens is 1. The Bertz CT molecular complexity index is 330. The molecule has 1 nitrogen and oxygen atoms in total. The minimum Gasteiger partial charge on any atom is -0.192 e. The number of hydrogen-bond donors (Lipinski definition) is 0. The lowest BCUT2D eigenvalue weighted by atomic mass is 10.2. The Labute approximate surface area is 91.3 Å². The van der Waals surface area contributed by atoms with Crippen molar-refractivity contribution < 1.29 is 0 Å². The van der Waals surface area contributed by atoms with E-state index in [2.05, 4.69) is 28.9 Å². The smallest absolute Gasteiger partial charge is 0.0991 e. The first-order chi connectivity index (χ1) is 6.31. The van der Waals surface area contributed by atoms with Crippen LogP contribution in [0.25, 0.3) is 0 Å². The largest absolute Gasteiger partial charge is 0.192 e. The summed E-state index contributed by atoms with van der Waals surface area (Å²) in [7, 11) is 0. The van der Waals surface area contributed by atoms with Gasteiger partial charge in [-0.15, -0.1) is 11.8 Å². The van der Waals surface area contributed by atoms with Crippen LogP contribution in [0, 0.1) is 11.3 Å². The van der Waals surface area contributed by atoms with Crippen LogP contribution < -0.4 is 0 Å². The zero-order valence-corrected chi connectivity index (χ0v) is 9.78. The van der Waals surface area contributed by atoms with E-state index in [-0.39, 0.29) is 0 Å². The molecule has 1 aromatic carbocycles. The third-order valence-electron chi connectivity index (χ3n) is 1.63. The standard InChI is InChI=1S/C10H10BrNS/c1-2-13-10-4-3-8(7-12)5-9(10)6-11/h3-5H,2,6H2,1H3. The van der Waals surface area contributed by atoms with Gasteiger partial charge in [-0.25, -0.2) is 0 Å². The number of thioether (sulfide) groups is 1. The van der Waals surface area contributed by atoms with E-state index in [0.717, 1.165) is 16.6 Å². The number of nitriles is 1. The van der Waals surface area contributed by atoms with Crippen LogP contribution in [0.3, 0.4) is 0 Å². The van der Waals surface area contributed by atoms with Crippen LogP contribution in [-0.2, 0) is 5.33 Å².